The molecule has 0 atom stereocenters. The van der Waals surface area contributed by atoms with E-state index < -0.39 is 16.4 Å². The van der Waals surface area contributed by atoms with Crippen LogP contribution < -0.4 is 10.1 Å². The number of halogens is 1. The molecule has 29 heavy (non-hydrogen) atoms. The van der Waals surface area contributed by atoms with Crippen molar-refractivity contribution in [2.45, 2.75) is 0 Å². The summed E-state index contributed by atoms with van der Waals surface area (Å²) < 4.78 is 21.0. The molecule has 8 nitrogen and oxygen atoms in total. The monoisotopic (exact) mass is 393 g/mol. The summed E-state index contributed by atoms with van der Waals surface area (Å²) in [7, 11) is 3.31. The van der Waals surface area contributed by atoms with Crippen LogP contribution in [0.25, 0.3) is 22.2 Å². The number of nitrogens with zero attached hydrogens (tertiary/aromatic N) is 4. The average molecular weight is 393 g/mol. The van der Waals surface area contributed by atoms with Crippen LogP contribution in [-0.4, -0.2) is 26.6 Å². The Balaban J connectivity index is 1.75. The van der Waals surface area contributed by atoms with Crippen molar-refractivity contribution < 1.29 is 14.1 Å². The van der Waals surface area contributed by atoms with Gasteiger partial charge in [0, 0.05) is 48.0 Å². The molecule has 0 radical (unpaired) electrons. The number of nitro benzene ring substituents is 1. The Kier molecular flexibility index (Phi) is 4.55. The van der Waals surface area contributed by atoms with Crippen molar-refractivity contribution in [3.63, 3.8) is 0 Å². The van der Waals surface area contributed by atoms with E-state index in [1.54, 1.807) is 12.3 Å². The molecule has 0 aliphatic heterocycles. The van der Waals surface area contributed by atoms with E-state index in [9.17, 15) is 14.5 Å². The van der Waals surface area contributed by atoms with E-state index in [2.05, 4.69) is 15.3 Å². The third-order valence-corrected chi connectivity index (χ3v) is 4.57. The van der Waals surface area contributed by atoms with Gasteiger partial charge in [-0.1, -0.05) is 12.1 Å². The fraction of sp³-hybridized carbons (Fsp3) is 0.100. The minimum Gasteiger partial charge on any atom is -0.494 e. The van der Waals surface area contributed by atoms with Gasteiger partial charge in [-0.05, 0) is 18.2 Å². The van der Waals surface area contributed by atoms with Gasteiger partial charge >= 0.3 is 5.69 Å². The summed E-state index contributed by atoms with van der Waals surface area (Å²) in [6.07, 6.45) is 3.55. The lowest BCUT2D eigenvalue weighted by Crippen LogP contribution is -2.02. The van der Waals surface area contributed by atoms with Gasteiger partial charge in [-0.25, -0.2) is 9.97 Å². The second-order valence-electron chi connectivity index (χ2n) is 6.32. The van der Waals surface area contributed by atoms with Crippen LogP contribution in [0.2, 0.25) is 0 Å². The topological polar surface area (TPSA) is 95.1 Å². The van der Waals surface area contributed by atoms with Crippen molar-refractivity contribution in [3.8, 4) is 17.0 Å². The average Bonchev–Trinajstić information content (AvgIpc) is 3.10. The van der Waals surface area contributed by atoms with E-state index in [0.29, 0.717) is 5.69 Å². The first kappa shape index (κ1) is 18.4. The standard InChI is InChI=1S/C20H16FN5O3/c1-25-9-7-13-12(4-3-5-17(13)25)15-6-8-22-20(23-15)24-16-11-18(26(27)28)14(21)10-19(16)29-2/h3-11H,1-2H3,(H,22,23,24). The minimum atomic E-state index is -0.983. The zero-order chi connectivity index (χ0) is 20.5. The summed E-state index contributed by atoms with van der Waals surface area (Å²) in [4.78, 5) is 18.9. The van der Waals surface area contributed by atoms with E-state index in [-0.39, 0.29) is 17.4 Å². The molecule has 1 N–H and O–H groups in total. The molecule has 0 fully saturated rings. The van der Waals surface area contributed by atoms with Crippen molar-refractivity contribution >= 4 is 28.2 Å². The lowest BCUT2D eigenvalue weighted by molar-refractivity contribution is -0.387. The van der Waals surface area contributed by atoms with Crippen molar-refractivity contribution in [2.24, 2.45) is 7.05 Å². The highest BCUT2D eigenvalue weighted by atomic mass is 19.1. The Bertz CT molecular complexity index is 1240. The number of benzene rings is 2. The van der Waals surface area contributed by atoms with E-state index in [4.69, 9.17) is 4.74 Å². The van der Waals surface area contributed by atoms with Gasteiger partial charge in [0.05, 0.1) is 23.4 Å². The van der Waals surface area contributed by atoms with Gasteiger partial charge in [0.2, 0.25) is 11.8 Å². The van der Waals surface area contributed by atoms with Crippen LogP contribution in [-0.2, 0) is 7.05 Å². The molecule has 0 bridgehead atoms. The maximum absolute atomic E-state index is 13.9. The molecule has 0 spiro atoms. The maximum atomic E-state index is 13.9. The second-order valence-corrected chi connectivity index (χ2v) is 6.32. The fourth-order valence-corrected chi connectivity index (χ4v) is 3.17. The van der Waals surface area contributed by atoms with Crippen LogP contribution in [0.1, 0.15) is 0 Å². The lowest BCUT2D eigenvalue weighted by Gasteiger charge is -2.11. The predicted molar refractivity (Wildman–Crippen MR) is 107 cm³/mol. The Hall–Kier alpha value is -4.01. The quantitative estimate of drug-likeness (QED) is 0.398. The summed E-state index contributed by atoms with van der Waals surface area (Å²) in [5, 5.41) is 15.0. The fourth-order valence-electron chi connectivity index (χ4n) is 3.17. The molecule has 2 aromatic carbocycles. The molecular weight excluding hydrogens is 377 g/mol. The van der Waals surface area contributed by atoms with Crippen molar-refractivity contribution in [3.05, 3.63) is 70.8 Å². The summed E-state index contributed by atoms with van der Waals surface area (Å²) >= 11 is 0. The highest BCUT2D eigenvalue weighted by molar-refractivity contribution is 5.94. The van der Waals surface area contributed by atoms with Gasteiger partial charge in [0.15, 0.2) is 0 Å². The van der Waals surface area contributed by atoms with E-state index in [1.807, 2.05) is 42.1 Å². The van der Waals surface area contributed by atoms with E-state index >= 15 is 0 Å². The molecule has 2 aromatic heterocycles. The van der Waals surface area contributed by atoms with Gasteiger partial charge < -0.3 is 14.6 Å². The minimum absolute atomic E-state index is 0.104. The lowest BCUT2D eigenvalue weighted by atomic mass is 10.1. The SMILES string of the molecule is COc1cc(F)c([N+](=O)[O-])cc1Nc1nccc(-c2cccc3c2ccn3C)n1. The van der Waals surface area contributed by atoms with Gasteiger partial charge in [-0.2, -0.15) is 4.39 Å². The molecule has 4 rings (SSSR count). The summed E-state index contributed by atoms with van der Waals surface area (Å²) in [5.74, 6) is -0.676. The smallest absolute Gasteiger partial charge is 0.307 e. The molecule has 9 heteroatoms. The molecule has 0 unspecified atom stereocenters. The first-order valence-electron chi connectivity index (χ1n) is 8.64. The first-order chi connectivity index (χ1) is 14.0. The van der Waals surface area contributed by atoms with Crippen LogP contribution in [0.4, 0.5) is 21.7 Å². The number of nitrogens with one attached hydrogen (secondary N) is 1. The third-order valence-electron chi connectivity index (χ3n) is 4.57. The maximum Gasteiger partial charge on any atom is 0.307 e. The number of hydrogen-bond acceptors (Lipinski definition) is 6. The number of ether oxygens (including phenoxy) is 1. The van der Waals surface area contributed by atoms with Crippen LogP contribution in [0.5, 0.6) is 5.75 Å². The number of rotatable bonds is 5. The zero-order valence-corrected chi connectivity index (χ0v) is 15.6. The number of aromatic nitrogens is 3. The molecule has 0 saturated heterocycles. The van der Waals surface area contributed by atoms with Gasteiger partial charge in [0.1, 0.15) is 5.75 Å². The molecule has 0 saturated carbocycles. The predicted octanol–water partition coefficient (Wildman–Crippen LogP) is 4.43. The molecule has 2 heterocycles. The number of methoxy groups -OCH3 is 1. The number of nitro groups is 1. The molecule has 4 aromatic rings. The van der Waals surface area contributed by atoms with Crippen LogP contribution in [0.15, 0.2) is 54.9 Å². The van der Waals surface area contributed by atoms with Gasteiger partial charge in [-0.3, -0.25) is 10.1 Å². The Morgan fingerprint density at radius 2 is 2.07 bits per heavy atom. The third kappa shape index (κ3) is 3.33. The van der Waals surface area contributed by atoms with Gasteiger partial charge in [0.25, 0.3) is 0 Å². The molecule has 146 valence electrons. The molecule has 0 aliphatic rings. The first-order valence-corrected chi connectivity index (χ1v) is 8.64. The van der Waals surface area contributed by atoms with Gasteiger partial charge in [-0.15, -0.1) is 0 Å². The highest BCUT2D eigenvalue weighted by Crippen LogP contribution is 2.34. The Labute approximate surface area is 164 Å². The number of anilines is 2. The normalized spacial score (nSPS) is 10.9. The van der Waals surface area contributed by atoms with E-state index in [1.165, 1.54) is 7.11 Å². The number of aryl methyl sites for hydroxylation is 1. The van der Waals surface area contributed by atoms with Crippen molar-refractivity contribution in [2.75, 3.05) is 12.4 Å². The summed E-state index contributed by atoms with van der Waals surface area (Å²) in [6, 6.07) is 11.7. The summed E-state index contributed by atoms with van der Waals surface area (Å²) in [5.41, 5.74) is 2.18. The highest BCUT2D eigenvalue weighted by Gasteiger charge is 2.19. The van der Waals surface area contributed by atoms with E-state index in [0.717, 1.165) is 28.6 Å². The molecule has 0 amide bonds. The van der Waals surface area contributed by atoms with Crippen molar-refractivity contribution in [1.29, 1.82) is 0 Å². The summed E-state index contributed by atoms with van der Waals surface area (Å²) in [6.45, 7) is 0. The molecular formula is C20H16FN5O3. The van der Waals surface area contributed by atoms with Crippen LogP contribution in [0, 0.1) is 15.9 Å². The molecule has 0 aliphatic carbocycles. The Morgan fingerprint density at radius 1 is 1.24 bits per heavy atom. The second kappa shape index (κ2) is 7.19. The number of hydrogen-bond donors (Lipinski definition) is 1. The number of fused-ring (bicyclic) bond motifs is 1. The zero-order valence-electron chi connectivity index (χ0n) is 15.6. The van der Waals surface area contributed by atoms with Crippen LogP contribution in [0.3, 0.4) is 0 Å². The van der Waals surface area contributed by atoms with Crippen LogP contribution >= 0.6 is 0 Å². The van der Waals surface area contributed by atoms with Crippen molar-refractivity contribution in [1.82, 2.24) is 14.5 Å². The Morgan fingerprint density at radius 3 is 2.83 bits per heavy atom. The largest absolute Gasteiger partial charge is 0.494 e.